The number of pyridine rings is 1. The summed E-state index contributed by atoms with van der Waals surface area (Å²) in [7, 11) is 0. The van der Waals surface area contributed by atoms with E-state index in [1.807, 2.05) is 50.2 Å². The molecule has 5 nitrogen and oxygen atoms in total. The number of fused-ring (bicyclic) bond motifs is 1. The van der Waals surface area contributed by atoms with Crippen molar-refractivity contribution in [1.29, 1.82) is 0 Å². The molecule has 0 radical (unpaired) electrons. The third-order valence-corrected chi connectivity index (χ3v) is 4.62. The average molecular weight is 342 g/mol. The molecular formula is C18H18N2O3S. The van der Waals surface area contributed by atoms with Crippen LogP contribution >= 0.6 is 11.3 Å². The number of carbonyl (C=O) groups excluding carboxylic acids is 1. The van der Waals surface area contributed by atoms with Gasteiger partial charge in [0.1, 0.15) is 28.7 Å². The number of nitrogens with zero attached hydrogens (tertiary/aromatic N) is 1. The highest BCUT2D eigenvalue weighted by Gasteiger charge is 2.20. The molecule has 6 heteroatoms. The van der Waals surface area contributed by atoms with E-state index in [4.69, 9.17) is 15.2 Å². The van der Waals surface area contributed by atoms with Crippen LogP contribution in [-0.2, 0) is 4.74 Å². The average Bonchev–Trinajstić information content (AvgIpc) is 2.89. The molecule has 0 amide bonds. The summed E-state index contributed by atoms with van der Waals surface area (Å²) in [6.07, 6.45) is 0. The van der Waals surface area contributed by atoms with E-state index < -0.39 is 5.97 Å². The van der Waals surface area contributed by atoms with Crippen LogP contribution in [0.5, 0.6) is 5.75 Å². The first-order valence-electron chi connectivity index (χ1n) is 7.57. The molecule has 24 heavy (non-hydrogen) atoms. The Balaban J connectivity index is 1.66. The van der Waals surface area contributed by atoms with Gasteiger partial charge in [0.2, 0.25) is 0 Å². The lowest BCUT2D eigenvalue weighted by Gasteiger charge is -2.06. The van der Waals surface area contributed by atoms with Crippen molar-refractivity contribution < 1.29 is 14.3 Å². The van der Waals surface area contributed by atoms with Crippen LogP contribution in [0.15, 0.2) is 36.4 Å². The second-order valence-electron chi connectivity index (χ2n) is 5.40. The summed E-state index contributed by atoms with van der Waals surface area (Å²) in [6.45, 7) is 4.33. The van der Waals surface area contributed by atoms with E-state index in [1.165, 1.54) is 11.3 Å². The topological polar surface area (TPSA) is 74.4 Å². The first-order chi connectivity index (χ1) is 11.6. The molecule has 2 N–H and O–H groups in total. The van der Waals surface area contributed by atoms with Gasteiger partial charge in [-0.05, 0) is 37.6 Å². The predicted molar refractivity (Wildman–Crippen MR) is 95.7 cm³/mol. The van der Waals surface area contributed by atoms with Crippen LogP contribution in [-0.4, -0.2) is 24.2 Å². The summed E-state index contributed by atoms with van der Waals surface area (Å²) in [5.41, 5.74) is 8.48. The molecule has 0 aliphatic carbocycles. The Kier molecular flexibility index (Phi) is 4.66. The van der Waals surface area contributed by atoms with E-state index >= 15 is 0 Å². The van der Waals surface area contributed by atoms with Crippen LogP contribution in [0.2, 0.25) is 0 Å². The lowest BCUT2D eigenvalue weighted by Crippen LogP contribution is -2.12. The van der Waals surface area contributed by atoms with Crippen LogP contribution in [0.4, 0.5) is 5.69 Å². The maximum atomic E-state index is 12.3. The number of anilines is 1. The molecule has 0 fully saturated rings. The predicted octanol–water partition coefficient (Wildman–Crippen LogP) is 3.73. The van der Waals surface area contributed by atoms with Gasteiger partial charge in [0, 0.05) is 11.1 Å². The summed E-state index contributed by atoms with van der Waals surface area (Å²) in [4.78, 5) is 17.9. The Morgan fingerprint density at radius 3 is 2.71 bits per heavy atom. The largest absolute Gasteiger partial charge is 0.490 e. The third kappa shape index (κ3) is 3.33. The summed E-state index contributed by atoms with van der Waals surface area (Å²) in [6, 6.07) is 11.3. The monoisotopic (exact) mass is 342 g/mol. The molecule has 2 heterocycles. The number of rotatable bonds is 5. The molecule has 124 valence electrons. The number of nitrogen functional groups attached to an aromatic ring is 1. The number of nitrogens with two attached hydrogens (primary N) is 1. The number of hydrogen-bond acceptors (Lipinski definition) is 6. The van der Waals surface area contributed by atoms with Crippen LogP contribution in [0.25, 0.3) is 10.2 Å². The van der Waals surface area contributed by atoms with E-state index in [9.17, 15) is 4.79 Å². The highest BCUT2D eigenvalue weighted by Crippen LogP contribution is 2.35. The van der Waals surface area contributed by atoms with Crippen molar-refractivity contribution >= 4 is 33.2 Å². The second kappa shape index (κ2) is 6.88. The van der Waals surface area contributed by atoms with Gasteiger partial charge in [-0.1, -0.05) is 18.2 Å². The van der Waals surface area contributed by atoms with Crippen molar-refractivity contribution in [3.63, 3.8) is 0 Å². The van der Waals surface area contributed by atoms with Gasteiger partial charge < -0.3 is 15.2 Å². The molecule has 1 aromatic carbocycles. The summed E-state index contributed by atoms with van der Waals surface area (Å²) < 4.78 is 10.8. The number of hydrogen-bond donors (Lipinski definition) is 1. The van der Waals surface area contributed by atoms with Gasteiger partial charge >= 0.3 is 5.97 Å². The number of aryl methyl sites for hydroxylation is 2. The Bertz CT molecular complexity index is 875. The Hall–Kier alpha value is -2.60. The zero-order chi connectivity index (χ0) is 17.1. The molecule has 0 atom stereocenters. The number of para-hydroxylation sites is 1. The minimum atomic E-state index is -0.441. The SMILES string of the molecule is Cc1cc(C)c2c(N)c(C(=O)OCCOc3ccccc3)sc2n1. The lowest BCUT2D eigenvalue weighted by molar-refractivity contribution is 0.0457. The first kappa shape index (κ1) is 16.3. The molecule has 0 aliphatic heterocycles. The summed E-state index contributed by atoms with van der Waals surface area (Å²) in [5.74, 6) is 0.300. The normalized spacial score (nSPS) is 10.8. The number of ether oxygens (including phenoxy) is 2. The molecule has 0 spiro atoms. The molecule has 3 rings (SSSR count). The molecule has 0 aliphatic rings. The summed E-state index contributed by atoms with van der Waals surface area (Å²) in [5, 5.41) is 0.832. The molecule has 2 aromatic heterocycles. The van der Waals surface area contributed by atoms with Gasteiger partial charge in [0.05, 0.1) is 5.69 Å². The second-order valence-corrected chi connectivity index (χ2v) is 6.40. The van der Waals surface area contributed by atoms with Gasteiger partial charge in [-0.25, -0.2) is 9.78 Å². The Labute approximate surface area is 144 Å². The fourth-order valence-corrected chi connectivity index (χ4v) is 3.61. The van der Waals surface area contributed by atoms with Crippen molar-refractivity contribution in [3.05, 3.63) is 52.5 Å². The molecule has 0 bridgehead atoms. The molecule has 0 unspecified atom stereocenters. The molecule has 0 saturated heterocycles. The van der Waals surface area contributed by atoms with Crippen LogP contribution in [0.1, 0.15) is 20.9 Å². The third-order valence-electron chi connectivity index (χ3n) is 3.54. The highest BCUT2D eigenvalue weighted by molar-refractivity contribution is 7.21. The van der Waals surface area contributed by atoms with E-state index in [0.717, 1.165) is 27.2 Å². The van der Waals surface area contributed by atoms with Crippen molar-refractivity contribution in [3.8, 4) is 5.75 Å². The van der Waals surface area contributed by atoms with Crippen LogP contribution in [0.3, 0.4) is 0 Å². The number of carbonyl (C=O) groups is 1. The fraction of sp³-hybridized carbons (Fsp3) is 0.222. The fourth-order valence-electron chi connectivity index (χ4n) is 2.50. The quantitative estimate of drug-likeness (QED) is 0.565. The van der Waals surface area contributed by atoms with E-state index in [2.05, 4.69) is 4.98 Å². The zero-order valence-corrected chi connectivity index (χ0v) is 14.4. The smallest absolute Gasteiger partial charge is 0.350 e. The standard InChI is InChI=1S/C18H18N2O3S/c1-11-10-12(2)20-17-14(11)15(19)16(24-17)18(21)23-9-8-22-13-6-4-3-5-7-13/h3-7,10H,8-9,19H2,1-2H3. The molecule has 3 aromatic rings. The van der Waals surface area contributed by atoms with Crippen molar-refractivity contribution in [2.75, 3.05) is 18.9 Å². The van der Waals surface area contributed by atoms with E-state index in [-0.39, 0.29) is 13.2 Å². The number of aromatic nitrogens is 1. The lowest BCUT2D eigenvalue weighted by atomic mass is 10.1. The van der Waals surface area contributed by atoms with Crippen molar-refractivity contribution in [1.82, 2.24) is 4.98 Å². The zero-order valence-electron chi connectivity index (χ0n) is 13.5. The van der Waals surface area contributed by atoms with Gasteiger partial charge in [0.25, 0.3) is 0 Å². The number of benzene rings is 1. The van der Waals surface area contributed by atoms with Crippen molar-refractivity contribution in [2.24, 2.45) is 0 Å². The number of esters is 1. The van der Waals surface area contributed by atoms with Crippen LogP contribution in [0, 0.1) is 13.8 Å². The van der Waals surface area contributed by atoms with E-state index in [1.54, 1.807) is 0 Å². The van der Waals surface area contributed by atoms with Crippen molar-refractivity contribution in [2.45, 2.75) is 13.8 Å². The van der Waals surface area contributed by atoms with Gasteiger partial charge in [-0.15, -0.1) is 11.3 Å². The minimum absolute atomic E-state index is 0.160. The highest BCUT2D eigenvalue weighted by atomic mass is 32.1. The van der Waals surface area contributed by atoms with Crippen LogP contribution < -0.4 is 10.5 Å². The first-order valence-corrected chi connectivity index (χ1v) is 8.39. The maximum Gasteiger partial charge on any atom is 0.350 e. The molecule has 0 saturated carbocycles. The van der Waals surface area contributed by atoms with Gasteiger partial charge in [-0.2, -0.15) is 0 Å². The van der Waals surface area contributed by atoms with E-state index in [0.29, 0.717) is 10.6 Å². The van der Waals surface area contributed by atoms with Gasteiger partial charge in [-0.3, -0.25) is 0 Å². The molecular weight excluding hydrogens is 324 g/mol. The summed E-state index contributed by atoms with van der Waals surface area (Å²) >= 11 is 1.26. The maximum absolute atomic E-state index is 12.3. The Morgan fingerprint density at radius 2 is 1.96 bits per heavy atom. The van der Waals surface area contributed by atoms with Gasteiger partial charge in [0.15, 0.2) is 0 Å². The number of thiophene rings is 1. The minimum Gasteiger partial charge on any atom is -0.490 e. The Morgan fingerprint density at radius 1 is 1.21 bits per heavy atom.